The predicted octanol–water partition coefficient (Wildman–Crippen LogP) is 4.25. The number of rotatable bonds is 4. The molecule has 10 heteroatoms. The summed E-state index contributed by atoms with van der Waals surface area (Å²) in [5.74, 6) is -0.352. The van der Waals surface area contributed by atoms with Crippen molar-refractivity contribution >= 4 is 40.1 Å². The van der Waals surface area contributed by atoms with Gasteiger partial charge in [0.2, 0.25) is 5.91 Å². The number of nitrogens with one attached hydrogen (secondary N) is 2. The molecule has 152 valence electrons. The minimum atomic E-state index is -4.64. The van der Waals surface area contributed by atoms with Crippen molar-refractivity contribution in [3.8, 4) is 0 Å². The highest BCUT2D eigenvalue weighted by atomic mass is 35.5. The van der Waals surface area contributed by atoms with Crippen LogP contribution in [0.15, 0.2) is 36.4 Å². The van der Waals surface area contributed by atoms with Crippen molar-refractivity contribution in [2.45, 2.75) is 13.1 Å². The SMILES string of the molecule is Cc1nc2ccc(C(=O)N(C)CC(=O)Nc3ccc(Cl)c(C(F)(F)F)c3)cc2[nH]1. The summed E-state index contributed by atoms with van der Waals surface area (Å²) in [6.07, 6.45) is -4.64. The number of fused-ring (bicyclic) bond motifs is 1. The molecule has 1 aromatic heterocycles. The van der Waals surface area contributed by atoms with Gasteiger partial charge in [-0.25, -0.2) is 4.98 Å². The van der Waals surface area contributed by atoms with Gasteiger partial charge in [0, 0.05) is 18.3 Å². The summed E-state index contributed by atoms with van der Waals surface area (Å²) >= 11 is 5.56. The largest absolute Gasteiger partial charge is 0.417 e. The zero-order valence-electron chi connectivity index (χ0n) is 15.4. The summed E-state index contributed by atoms with van der Waals surface area (Å²) < 4.78 is 38.8. The van der Waals surface area contributed by atoms with Crippen LogP contribution in [-0.4, -0.2) is 40.3 Å². The fourth-order valence-electron chi connectivity index (χ4n) is 2.80. The minimum Gasteiger partial charge on any atom is -0.342 e. The van der Waals surface area contributed by atoms with Crippen LogP contribution in [0.3, 0.4) is 0 Å². The number of halogens is 4. The number of amides is 2. The quantitative estimate of drug-likeness (QED) is 0.657. The molecule has 0 fully saturated rings. The van der Waals surface area contributed by atoms with E-state index in [1.54, 1.807) is 25.1 Å². The van der Waals surface area contributed by atoms with Gasteiger partial charge in [0.05, 0.1) is 28.2 Å². The Morgan fingerprint density at radius 1 is 1.21 bits per heavy atom. The standard InChI is InChI=1S/C19H16ClF3N4O2/c1-10-24-15-6-3-11(7-16(15)25-10)18(29)27(2)9-17(28)26-12-4-5-14(20)13(8-12)19(21,22)23/h3-8H,9H2,1-2H3,(H,24,25)(H,26,28). The lowest BCUT2D eigenvalue weighted by molar-refractivity contribution is -0.137. The van der Waals surface area contributed by atoms with Gasteiger partial charge in [-0.05, 0) is 43.3 Å². The molecule has 0 radical (unpaired) electrons. The number of anilines is 1. The van der Waals surface area contributed by atoms with Crippen molar-refractivity contribution in [3.63, 3.8) is 0 Å². The van der Waals surface area contributed by atoms with Crippen molar-refractivity contribution in [1.29, 1.82) is 0 Å². The Balaban J connectivity index is 1.69. The molecule has 0 saturated carbocycles. The lowest BCUT2D eigenvalue weighted by atomic mass is 10.1. The third-order valence-corrected chi connectivity index (χ3v) is 4.46. The summed E-state index contributed by atoms with van der Waals surface area (Å²) in [6, 6.07) is 7.96. The first kappa shape index (κ1) is 20.7. The van der Waals surface area contributed by atoms with E-state index < -0.39 is 28.6 Å². The van der Waals surface area contributed by atoms with E-state index >= 15 is 0 Å². The summed E-state index contributed by atoms with van der Waals surface area (Å²) in [7, 11) is 1.42. The van der Waals surface area contributed by atoms with Gasteiger partial charge in [0.15, 0.2) is 0 Å². The molecule has 6 nitrogen and oxygen atoms in total. The molecule has 2 amide bonds. The van der Waals surface area contributed by atoms with Gasteiger partial charge >= 0.3 is 6.18 Å². The van der Waals surface area contributed by atoms with Gasteiger partial charge in [0.1, 0.15) is 5.82 Å². The van der Waals surface area contributed by atoms with Gasteiger partial charge in [-0.1, -0.05) is 11.6 Å². The van der Waals surface area contributed by atoms with Crippen LogP contribution in [0.2, 0.25) is 5.02 Å². The maximum atomic E-state index is 12.9. The van der Waals surface area contributed by atoms with Crippen LogP contribution in [0.1, 0.15) is 21.7 Å². The second-order valence-corrected chi connectivity index (χ2v) is 6.86. The normalized spacial score (nSPS) is 11.5. The van der Waals surface area contributed by atoms with Crippen molar-refractivity contribution in [3.05, 3.63) is 58.4 Å². The number of nitrogens with zero attached hydrogens (tertiary/aromatic N) is 2. The second kappa shape index (κ2) is 7.75. The highest BCUT2D eigenvalue weighted by Crippen LogP contribution is 2.36. The Morgan fingerprint density at radius 2 is 1.93 bits per heavy atom. The average Bonchev–Trinajstić information content (AvgIpc) is 3.00. The number of alkyl halides is 3. The van der Waals surface area contributed by atoms with E-state index in [0.29, 0.717) is 22.4 Å². The molecule has 0 aliphatic rings. The molecule has 1 heterocycles. The number of hydrogen-bond donors (Lipinski definition) is 2. The highest BCUT2D eigenvalue weighted by Gasteiger charge is 2.33. The number of carbonyl (C=O) groups excluding carboxylic acids is 2. The molecule has 2 aromatic carbocycles. The van der Waals surface area contributed by atoms with E-state index in [0.717, 1.165) is 12.1 Å². The number of H-pyrrole nitrogens is 1. The first-order valence-electron chi connectivity index (χ1n) is 8.43. The lowest BCUT2D eigenvalue weighted by Gasteiger charge is -2.17. The summed E-state index contributed by atoms with van der Waals surface area (Å²) in [5.41, 5.74) is 0.628. The first-order chi connectivity index (χ1) is 13.5. The molecule has 29 heavy (non-hydrogen) atoms. The second-order valence-electron chi connectivity index (χ2n) is 6.46. The number of imidazole rings is 1. The number of carbonyl (C=O) groups is 2. The van der Waals surface area contributed by atoms with Crippen LogP contribution in [-0.2, 0) is 11.0 Å². The number of hydrogen-bond acceptors (Lipinski definition) is 3. The van der Waals surface area contributed by atoms with E-state index in [1.807, 2.05) is 0 Å². The monoisotopic (exact) mass is 424 g/mol. The Labute approximate surface area is 168 Å². The summed E-state index contributed by atoms with van der Waals surface area (Å²) in [6.45, 7) is 1.45. The number of aryl methyl sites for hydroxylation is 1. The zero-order valence-corrected chi connectivity index (χ0v) is 16.1. The number of likely N-dealkylation sites (N-methyl/N-ethyl adjacent to an activating group) is 1. The van der Waals surface area contributed by atoms with Crippen molar-refractivity contribution in [2.24, 2.45) is 0 Å². The highest BCUT2D eigenvalue weighted by molar-refractivity contribution is 6.31. The lowest BCUT2D eigenvalue weighted by Crippen LogP contribution is -2.35. The average molecular weight is 425 g/mol. The fourth-order valence-corrected chi connectivity index (χ4v) is 3.02. The van der Waals surface area contributed by atoms with Crippen LogP contribution in [0, 0.1) is 6.92 Å². The van der Waals surface area contributed by atoms with Crippen LogP contribution < -0.4 is 5.32 Å². The molecule has 0 bridgehead atoms. The molecular weight excluding hydrogens is 409 g/mol. The van der Waals surface area contributed by atoms with Crippen LogP contribution in [0.5, 0.6) is 0 Å². The molecule has 0 saturated heterocycles. The third kappa shape index (κ3) is 4.68. The molecular formula is C19H16ClF3N4O2. The van der Waals surface area contributed by atoms with Gasteiger partial charge in [-0.15, -0.1) is 0 Å². The van der Waals surface area contributed by atoms with E-state index in [2.05, 4.69) is 15.3 Å². The Kier molecular flexibility index (Phi) is 5.52. The molecule has 0 unspecified atom stereocenters. The molecule has 0 aliphatic carbocycles. The van der Waals surface area contributed by atoms with Gasteiger partial charge in [-0.3, -0.25) is 9.59 Å². The van der Waals surface area contributed by atoms with E-state index in [-0.39, 0.29) is 12.2 Å². The molecule has 2 N–H and O–H groups in total. The van der Waals surface area contributed by atoms with Gasteiger partial charge in [-0.2, -0.15) is 13.2 Å². The fraction of sp³-hybridized carbons (Fsp3) is 0.211. The third-order valence-electron chi connectivity index (χ3n) is 4.13. The van der Waals surface area contributed by atoms with Gasteiger partial charge < -0.3 is 15.2 Å². The van der Waals surface area contributed by atoms with E-state index in [9.17, 15) is 22.8 Å². The van der Waals surface area contributed by atoms with Crippen LogP contribution in [0.4, 0.5) is 18.9 Å². The zero-order chi connectivity index (χ0) is 21.3. The van der Waals surface area contributed by atoms with E-state index in [4.69, 9.17) is 11.6 Å². The Hall–Kier alpha value is -3.07. The first-order valence-corrected chi connectivity index (χ1v) is 8.81. The Bertz CT molecular complexity index is 1090. The number of benzene rings is 2. The van der Waals surface area contributed by atoms with Crippen molar-refractivity contribution < 1.29 is 22.8 Å². The summed E-state index contributed by atoms with van der Waals surface area (Å²) in [4.78, 5) is 33.2. The molecule has 0 aliphatic heterocycles. The maximum Gasteiger partial charge on any atom is 0.417 e. The number of aromatic nitrogens is 2. The minimum absolute atomic E-state index is 0.0677. The molecule has 3 aromatic rings. The molecule has 0 spiro atoms. The number of aromatic amines is 1. The Morgan fingerprint density at radius 3 is 2.62 bits per heavy atom. The van der Waals surface area contributed by atoms with Crippen molar-refractivity contribution in [1.82, 2.24) is 14.9 Å². The van der Waals surface area contributed by atoms with Crippen molar-refractivity contribution in [2.75, 3.05) is 18.9 Å². The molecule has 3 rings (SSSR count). The van der Waals surface area contributed by atoms with E-state index in [1.165, 1.54) is 18.0 Å². The molecule has 0 atom stereocenters. The smallest absolute Gasteiger partial charge is 0.342 e. The van der Waals surface area contributed by atoms with Crippen LogP contribution >= 0.6 is 11.6 Å². The van der Waals surface area contributed by atoms with Gasteiger partial charge in [0.25, 0.3) is 5.91 Å². The maximum absolute atomic E-state index is 12.9. The predicted molar refractivity (Wildman–Crippen MR) is 103 cm³/mol. The topological polar surface area (TPSA) is 78.1 Å². The summed E-state index contributed by atoms with van der Waals surface area (Å²) in [5, 5.41) is 1.88. The van der Waals surface area contributed by atoms with Crippen LogP contribution in [0.25, 0.3) is 11.0 Å².